The monoisotopic (exact) mass is 271 g/mol. The Bertz CT molecular complexity index is 580. The largest absolute Gasteiger partial charge is 0.325 e. The van der Waals surface area contributed by atoms with Gasteiger partial charge in [0.1, 0.15) is 0 Å². The van der Waals surface area contributed by atoms with E-state index in [2.05, 4.69) is 18.3 Å². The number of carbonyl (C=O) groups is 1. The van der Waals surface area contributed by atoms with Gasteiger partial charge in [-0.2, -0.15) is 0 Å². The fourth-order valence-electron chi connectivity index (χ4n) is 1.78. The van der Waals surface area contributed by atoms with E-state index in [1.807, 2.05) is 49.4 Å². The molecule has 0 aliphatic carbocycles. The number of rotatable bonds is 4. The van der Waals surface area contributed by atoms with E-state index in [4.69, 9.17) is 0 Å². The van der Waals surface area contributed by atoms with Gasteiger partial charge < -0.3 is 5.32 Å². The van der Waals surface area contributed by atoms with Gasteiger partial charge in [-0.1, -0.05) is 30.3 Å². The summed E-state index contributed by atoms with van der Waals surface area (Å²) < 4.78 is 0. The van der Waals surface area contributed by atoms with E-state index in [-0.39, 0.29) is 5.91 Å². The molecule has 0 heterocycles. The molecule has 0 radical (unpaired) electrons. The molecule has 2 aromatic rings. The maximum Gasteiger partial charge on any atom is 0.234 e. The highest BCUT2D eigenvalue weighted by atomic mass is 32.2. The molecular formula is C16H17NOS. The van der Waals surface area contributed by atoms with Crippen molar-refractivity contribution < 1.29 is 4.79 Å². The molecule has 0 atom stereocenters. The van der Waals surface area contributed by atoms with Gasteiger partial charge in [-0.05, 0) is 43.2 Å². The van der Waals surface area contributed by atoms with Crippen LogP contribution in [-0.4, -0.2) is 11.7 Å². The van der Waals surface area contributed by atoms with Crippen molar-refractivity contribution in [1.29, 1.82) is 0 Å². The molecule has 0 saturated heterocycles. The Morgan fingerprint density at radius 3 is 2.63 bits per heavy atom. The quantitative estimate of drug-likeness (QED) is 0.850. The molecule has 0 spiro atoms. The molecule has 19 heavy (non-hydrogen) atoms. The summed E-state index contributed by atoms with van der Waals surface area (Å²) in [6.45, 7) is 4.07. The van der Waals surface area contributed by atoms with Crippen LogP contribution in [0.3, 0.4) is 0 Å². The second kappa shape index (κ2) is 6.43. The third kappa shape index (κ3) is 4.14. The Hall–Kier alpha value is -1.74. The number of amides is 1. The third-order valence-corrected chi connectivity index (χ3v) is 3.93. The summed E-state index contributed by atoms with van der Waals surface area (Å²) in [6, 6.07) is 15.9. The molecule has 3 heteroatoms. The standard InChI is InChI=1S/C16H17NOS/c1-12-6-5-8-14(10-12)17-16(18)11-19-15-9-4-3-7-13(15)2/h3-10H,11H2,1-2H3,(H,17,18). The molecule has 2 nitrogen and oxygen atoms in total. The number of anilines is 1. The van der Waals surface area contributed by atoms with Crippen molar-refractivity contribution in [2.45, 2.75) is 18.7 Å². The Balaban J connectivity index is 1.90. The summed E-state index contributed by atoms with van der Waals surface area (Å²) in [4.78, 5) is 13.0. The normalized spacial score (nSPS) is 10.2. The number of thioether (sulfide) groups is 1. The van der Waals surface area contributed by atoms with Gasteiger partial charge in [0.25, 0.3) is 0 Å². The van der Waals surface area contributed by atoms with Gasteiger partial charge in [0.15, 0.2) is 0 Å². The third-order valence-electron chi connectivity index (χ3n) is 2.75. The number of hydrogen-bond acceptors (Lipinski definition) is 2. The molecule has 0 aromatic heterocycles. The summed E-state index contributed by atoms with van der Waals surface area (Å²) >= 11 is 1.57. The minimum atomic E-state index is 0.0267. The Labute approximate surface area is 118 Å². The van der Waals surface area contributed by atoms with E-state index in [0.29, 0.717) is 5.75 Å². The fraction of sp³-hybridized carbons (Fsp3) is 0.188. The number of hydrogen-bond donors (Lipinski definition) is 1. The van der Waals surface area contributed by atoms with E-state index in [0.717, 1.165) is 16.1 Å². The van der Waals surface area contributed by atoms with Crippen LogP contribution in [0.5, 0.6) is 0 Å². The number of carbonyl (C=O) groups excluding carboxylic acids is 1. The van der Waals surface area contributed by atoms with Crippen molar-refractivity contribution in [1.82, 2.24) is 0 Å². The summed E-state index contributed by atoms with van der Waals surface area (Å²) in [5.41, 5.74) is 3.20. The molecule has 0 saturated carbocycles. The zero-order chi connectivity index (χ0) is 13.7. The molecular weight excluding hydrogens is 254 g/mol. The van der Waals surface area contributed by atoms with Crippen molar-refractivity contribution in [3.63, 3.8) is 0 Å². The minimum absolute atomic E-state index is 0.0267. The lowest BCUT2D eigenvalue weighted by atomic mass is 10.2. The highest BCUT2D eigenvalue weighted by Crippen LogP contribution is 2.21. The average molecular weight is 271 g/mol. The first-order valence-corrected chi connectivity index (χ1v) is 7.18. The van der Waals surface area contributed by atoms with E-state index < -0.39 is 0 Å². The topological polar surface area (TPSA) is 29.1 Å². The van der Waals surface area contributed by atoms with E-state index in [9.17, 15) is 4.79 Å². The predicted molar refractivity (Wildman–Crippen MR) is 81.7 cm³/mol. The molecule has 0 bridgehead atoms. The SMILES string of the molecule is Cc1cccc(NC(=O)CSc2ccccc2C)c1. The molecule has 0 aliphatic rings. The van der Waals surface area contributed by atoms with Crippen molar-refractivity contribution in [3.05, 3.63) is 59.7 Å². The fourth-order valence-corrected chi connectivity index (χ4v) is 2.61. The lowest BCUT2D eigenvalue weighted by Crippen LogP contribution is -2.14. The van der Waals surface area contributed by atoms with Crippen LogP contribution in [0.1, 0.15) is 11.1 Å². The van der Waals surface area contributed by atoms with Crippen LogP contribution in [0, 0.1) is 13.8 Å². The average Bonchev–Trinajstić information content (AvgIpc) is 2.38. The van der Waals surface area contributed by atoms with Crippen LogP contribution in [0.2, 0.25) is 0 Å². The van der Waals surface area contributed by atoms with Crippen LogP contribution < -0.4 is 5.32 Å². The smallest absolute Gasteiger partial charge is 0.234 e. The van der Waals surface area contributed by atoms with Crippen LogP contribution in [0.25, 0.3) is 0 Å². The lowest BCUT2D eigenvalue weighted by molar-refractivity contribution is -0.113. The van der Waals surface area contributed by atoms with E-state index >= 15 is 0 Å². The molecule has 0 aliphatic heterocycles. The van der Waals surface area contributed by atoms with Gasteiger partial charge in [-0.15, -0.1) is 11.8 Å². The van der Waals surface area contributed by atoms with Crippen molar-refractivity contribution >= 4 is 23.4 Å². The first kappa shape index (κ1) is 13.7. The zero-order valence-electron chi connectivity index (χ0n) is 11.1. The summed E-state index contributed by atoms with van der Waals surface area (Å²) in [5.74, 6) is 0.456. The van der Waals surface area contributed by atoms with E-state index in [1.54, 1.807) is 11.8 Å². The Kier molecular flexibility index (Phi) is 4.63. The number of benzene rings is 2. The molecule has 2 aromatic carbocycles. The lowest BCUT2D eigenvalue weighted by Gasteiger charge is -2.07. The number of aryl methyl sites for hydroxylation is 2. The Morgan fingerprint density at radius 1 is 1.11 bits per heavy atom. The first-order valence-electron chi connectivity index (χ1n) is 6.20. The van der Waals surface area contributed by atoms with Gasteiger partial charge >= 0.3 is 0 Å². The zero-order valence-corrected chi connectivity index (χ0v) is 12.0. The summed E-state index contributed by atoms with van der Waals surface area (Å²) in [5, 5.41) is 2.91. The highest BCUT2D eigenvalue weighted by Gasteiger charge is 2.05. The van der Waals surface area contributed by atoms with Gasteiger partial charge in [-0.3, -0.25) is 4.79 Å². The molecule has 0 unspecified atom stereocenters. The Morgan fingerprint density at radius 2 is 1.89 bits per heavy atom. The second-order valence-corrected chi connectivity index (χ2v) is 5.49. The van der Waals surface area contributed by atoms with Gasteiger partial charge in [-0.25, -0.2) is 0 Å². The van der Waals surface area contributed by atoms with Gasteiger partial charge in [0, 0.05) is 10.6 Å². The van der Waals surface area contributed by atoms with Gasteiger partial charge in [0.2, 0.25) is 5.91 Å². The van der Waals surface area contributed by atoms with Crippen molar-refractivity contribution in [2.75, 3.05) is 11.1 Å². The molecule has 0 fully saturated rings. The van der Waals surface area contributed by atoms with Crippen LogP contribution in [0.4, 0.5) is 5.69 Å². The second-order valence-electron chi connectivity index (χ2n) is 4.47. The summed E-state index contributed by atoms with van der Waals surface area (Å²) in [7, 11) is 0. The predicted octanol–water partition coefficient (Wildman–Crippen LogP) is 4.03. The van der Waals surface area contributed by atoms with Crippen LogP contribution in [0.15, 0.2) is 53.4 Å². The number of nitrogens with one attached hydrogen (secondary N) is 1. The molecule has 1 amide bonds. The molecule has 1 N–H and O–H groups in total. The van der Waals surface area contributed by atoms with Crippen LogP contribution >= 0.6 is 11.8 Å². The van der Waals surface area contributed by atoms with Crippen molar-refractivity contribution in [3.8, 4) is 0 Å². The van der Waals surface area contributed by atoms with E-state index in [1.165, 1.54) is 5.56 Å². The maximum absolute atomic E-state index is 11.9. The molecule has 2 rings (SSSR count). The molecule has 98 valence electrons. The van der Waals surface area contributed by atoms with Crippen LogP contribution in [-0.2, 0) is 4.79 Å². The minimum Gasteiger partial charge on any atom is -0.325 e. The maximum atomic E-state index is 11.9. The first-order chi connectivity index (χ1) is 9.15. The van der Waals surface area contributed by atoms with Crippen molar-refractivity contribution in [2.24, 2.45) is 0 Å². The van der Waals surface area contributed by atoms with Gasteiger partial charge in [0.05, 0.1) is 5.75 Å². The summed E-state index contributed by atoms with van der Waals surface area (Å²) in [6.07, 6.45) is 0. The highest BCUT2D eigenvalue weighted by molar-refractivity contribution is 8.00.